The van der Waals surface area contributed by atoms with Crippen LogP contribution in [0.3, 0.4) is 0 Å². The molecule has 3 nitrogen and oxygen atoms in total. The molecule has 0 fully saturated rings. The van der Waals surface area contributed by atoms with Crippen molar-refractivity contribution in [2.75, 3.05) is 33.7 Å². The van der Waals surface area contributed by atoms with Crippen molar-refractivity contribution in [3.8, 4) is 0 Å². The monoisotopic (exact) mass is 291 g/mol. The van der Waals surface area contributed by atoms with Crippen LogP contribution in [0, 0.1) is 0 Å². The Morgan fingerprint density at radius 2 is 1.62 bits per heavy atom. The van der Waals surface area contributed by atoms with Crippen molar-refractivity contribution in [2.24, 2.45) is 0 Å². The SMILES string of the molecule is CCN(CC)CCC(NC(C)(C)c1ccccc1)N(C)C. The summed E-state index contributed by atoms with van der Waals surface area (Å²) in [5.41, 5.74) is 1.30. The smallest absolute Gasteiger partial charge is 0.0611 e. The predicted molar refractivity (Wildman–Crippen MR) is 92.5 cm³/mol. The van der Waals surface area contributed by atoms with E-state index in [1.165, 1.54) is 5.56 Å². The van der Waals surface area contributed by atoms with Gasteiger partial charge >= 0.3 is 0 Å². The standard InChI is InChI=1S/C18H33N3/c1-7-21(8-2)15-14-17(20(5)6)19-18(3,4)16-12-10-9-11-13-16/h9-13,17,19H,7-8,14-15H2,1-6H3. The number of benzene rings is 1. The van der Waals surface area contributed by atoms with Gasteiger partial charge in [-0.2, -0.15) is 0 Å². The number of hydrogen-bond donors (Lipinski definition) is 1. The predicted octanol–water partition coefficient (Wildman–Crippen LogP) is 3.13. The maximum absolute atomic E-state index is 3.81. The van der Waals surface area contributed by atoms with Gasteiger partial charge in [0.2, 0.25) is 0 Å². The number of rotatable bonds is 9. The molecule has 1 aromatic rings. The Kier molecular flexibility index (Phi) is 7.36. The second-order valence-corrected chi connectivity index (χ2v) is 6.43. The Hall–Kier alpha value is -0.900. The van der Waals surface area contributed by atoms with E-state index >= 15 is 0 Å². The van der Waals surface area contributed by atoms with Gasteiger partial charge in [-0.15, -0.1) is 0 Å². The molecule has 0 aliphatic carbocycles. The summed E-state index contributed by atoms with van der Waals surface area (Å²) in [7, 11) is 4.31. The van der Waals surface area contributed by atoms with Crippen LogP contribution in [0.4, 0.5) is 0 Å². The van der Waals surface area contributed by atoms with Crippen LogP contribution in [0.1, 0.15) is 39.7 Å². The fraction of sp³-hybridized carbons (Fsp3) is 0.667. The lowest BCUT2D eigenvalue weighted by atomic mass is 9.93. The zero-order valence-electron chi connectivity index (χ0n) is 14.7. The third-order valence-electron chi connectivity index (χ3n) is 4.26. The first-order valence-electron chi connectivity index (χ1n) is 8.12. The molecule has 1 aromatic carbocycles. The van der Waals surface area contributed by atoms with E-state index in [0.29, 0.717) is 6.17 Å². The van der Waals surface area contributed by atoms with E-state index in [2.05, 4.69) is 87.2 Å². The van der Waals surface area contributed by atoms with Crippen molar-refractivity contribution in [1.29, 1.82) is 0 Å². The van der Waals surface area contributed by atoms with Gasteiger partial charge in [0, 0.05) is 12.1 Å². The van der Waals surface area contributed by atoms with Gasteiger partial charge in [-0.3, -0.25) is 10.2 Å². The topological polar surface area (TPSA) is 18.5 Å². The minimum absolute atomic E-state index is 0.0283. The van der Waals surface area contributed by atoms with E-state index in [4.69, 9.17) is 0 Å². The Morgan fingerprint density at radius 1 is 1.05 bits per heavy atom. The van der Waals surface area contributed by atoms with Crippen molar-refractivity contribution < 1.29 is 0 Å². The van der Waals surface area contributed by atoms with Crippen LogP contribution in [-0.2, 0) is 5.54 Å². The third kappa shape index (κ3) is 5.77. The number of nitrogens with zero attached hydrogens (tertiary/aromatic N) is 2. The molecule has 0 bridgehead atoms. The van der Waals surface area contributed by atoms with Crippen molar-refractivity contribution in [3.63, 3.8) is 0 Å². The molecule has 0 aliphatic rings. The van der Waals surface area contributed by atoms with E-state index in [-0.39, 0.29) is 5.54 Å². The summed E-state index contributed by atoms with van der Waals surface area (Å²) < 4.78 is 0. The molecule has 0 spiro atoms. The van der Waals surface area contributed by atoms with Crippen LogP contribution < -0.4 is 5.32 Å². The van der Waals surface area contributed by atoms with E-state index in [1.54, 1.807) is 0 Å². The van der Waals surface area contributed by atoms with E-state index < -0.39 is 0 Å². The molecule has 1 atom stereocenters. The van der Waals surface area contributed by atoms with Crippen molar-refractivity contribution in [2.45, 2.75) is 45.8 Å². The highest BCUT2D eigenvalue weighted by atomic mass is 15.3. The molecule has 0 amide bonds. The van der Waals surface area contributed by atoms with Crippen LogP contribution in [0.25, 0.3) is 0 Å². The first-order valence-corrected chi connectivity index (χ1v) is 8.12. The van der Waals surface area contributed by atoms with Gasteiger partial charge in [-0.1, -0.05) is 44.2 Å². The molecule has 0 aromatic heterocycles. The average molecular weight is 291 g/mol. The maximum Gasteiger partial charge on any atom is 0.0611 e. The van der Waals surface area contributed by atoms with Crippen LogP contribution in [0.2, 0.25) is 0 Å². The van der Waals surface area contributed by atoms with Crippen LogP contribution >= 0.6 is 0 Å². The highest BCUT2D eigenvalue weighted by Gasteiger charge is 2.25. The molecule has 21 heavy (non-hydrogen) atoms. The second-order valence-electron chi connectivity index (χ2n) is 6.43. The van der Waals surface area contributed by atoms with Gasteiger partial charge in [0.25, 0.3) is 0 Å². The molecule has 1 rings (SSSR count). The fourth-order valence-corrected chi connectivity index (χ4v) is 2.66. The first kappa shape index (κ1) is 18.1. The third-order valence-corrected chi connectivity index (χ3v) is 4.26. The van der Waals surface area contributed by atoms with Gasteiger partial charge < -0.3 is 4.90 Å². The van der Waals surface area contributed by atoms with E-state index in [9.17, 15) is 0 Å². The molecular formula is C18H33N3. The first-order chi connectivity index (χ1) is 9.90. The minimum Gasteiger partial charge on any atom is -0.304 e. The molecule has 3 heteroatoms. The van der Waals surface area contributed by atoms with E-state index in [1.807, 2.05) is 0 Å². The lowest BCUT2D eigenvalue weighted by Crippen LogP contribution is -2.51. The van der Waals surface area contributed by atoms with Crippen LogP contribution in [0.5, 0.6) is 0 Å². The summed E-state index contributed by atoms with van der Waals surface area (Å²) in [6, 6.07) is 10.7. The second kappa shape index (κ2) is 8.52. The van der Waals surface area contributed by atoms with Gasteiger partial charge in [-0.25, -0.2) is 0 Å². The lowest BCUT2D eigenvalue weighted by Gasteiger charge is -2.36. The number of hydrogen-bond acceptors (Lipinski definition) is 3. The van der Waals surface area contributed by atoms with Gasteiger partial charge in [0.05, 0.1) is 6.17 Å². The lowest BCUT2D eigenvalue weighted by molar-refractivity contribution is 0.159. The fourth-order valence-electron chi connectivity index (χ4n) is 2.66. The highest BCUT2D eigenvalue weighted by molar-refractivity contribution is 5.22. The molecule has 1 unspecified atom stereocenters. The Bertz CT molecular complexity index is 383. The molecule has 0 radical (unpaired) electrons. The normalized spacial score (nSPS) is 13.9. The Labute approximate surface area is 131 Å². The summed E-state index contributed by atoms with van der Waals surface area (Å²) in [6.45, 7) is 12.4. The van der Waals surface area contributed by atoms with Crippen LogP contribution in [0.15, 0.2) is 30.3 Å². The Morgan fingerprint density at radius 3 is 2.10 bits per heavy atom. The molecular weight excluding hydrogens is 258 g/mol. The highest BCUT2D eigenvalue weighted by Crippen LogP contribution is 2.21. The quantitative estimate of drug-likeness (QED) is 0.705. The summed E-state index contributed by atoms with van der Waals surface area (Å²) in [5, 5.41) is 3.81. The minimum atomic E-state index is -0.0283. The summed E-state index contributed by atoms with van der Waals surface area (Å²) >= 11 is 0. The average Bonchev–Trinajstić information content (AvgIpc) is 2.47. The summed E-state index contributed by atoms with van der Waals surface area (Å²) in [6.07, 6.45) is 1.51. The zero-order chi connectivity index (χ0) is 15.9. The van der Waals surface area contributed by atoms with Crippen molar-refractivity contribution in [1.82, 2.24) is 15.1 Å². The number of nitrogens with one attached hydrogen (secondary N) is 1. The van der Waals surface area contributed by atoms with Gasteiger partial charge in [0.15, 0.2) is 0 Å². The maximum atomic E-state index is 3.81. The summed E-state index contributed by atoms with van der Waals surface area (Å²) in [5.74, 6) is 0. The van der Waals surface area contributed by atoms with Crippen molar-refractivity contribution >= 4 is 0 Å². The molecule has 1 N–H and O–H groups in total. The zero-order valence-corrected chi connectivity index (χ0v) is 14.7. The van der Waals surface area contributed by atoms with Gasteiger partial charge in [-0.05, 0) is 53.0 Å². The summed E-state index contributed by atoms with van der Waals surface area (Å²) in [4.78, 5) is 4.77. The molecule has 0 heterocycles. The van der Waals surface area contributed by atoms with E-state index in [0.717, 1.165) is 26.1 Å². The molecule has 0 saturated carbocycles. The van der Waals surface area contributed by atoms with Gasteiger partial charge in [0.1, 0.15) is 0 Å². The largest absolute Gasteiger partial charge is 0.304 e. The van der Waals surface area contributed by atoms with Crippen LogP contribution in [-0.4, -0.2) is 49.7 Å². The molecule has 0 saturated heterocycles. The Balaban J connectivity index is 2.69. The van der Waals surface area contributed by atoms with Crippen molar-refractivity contribution in [3.05, 3.63) is 35.9 Å². The molecule has 120 valence electrons. The molecule has 0 aliphatic heterocycles.